The molecule has 0 atom stereocenters. The van der Waals surface area contributed by atoms with Gasteiger partial charge >= 0.3 is 0 Å². The Hall–Kier alpha value is -2.57. The number of benzene rings is 2. The molecule has 0 N–H and O–H groups in total. The maximum absolute atomic E-state index is 12.5. The number of halogens is 1. The Labute approximate surface area is 162 Å². The summed E-state index contributed by atoms with van der Waals surface area (Å²) >= 11 is 5.97. The SMILES string of the molecule is Cc1cc(=O)c(Oc2ccc(Cl)cc2C)c(-c2ccc(S(C)(=O)=O)cc2)o1. The first-order chi connectivity index (χ1) is 12.6. The van der Waals surface area contributed by atoms with Gasteiger partial charge in [0.1, 0.15) is 11.5 Å². The van der Waals surface area contributed by atoms with Crippen LogP contribution in [0.5, 0.6) is 11.5 Å². The maximum Gasteiger partial charge on any atom is 0.228 e. The van der Waals surface area contributed by atoms with E-state index in [-0.39, 0.29) is 21.8 Å². The van der Waals surface area contributed by atoms with Gasteiger partial charge in [-0.05, 0) is 61.9 Å². The second-order valence-electron chi connectivity index (χ2n) is 6.19. The highest BCUT2D eigenvalue weighted by Gasteiger charge is 2.17. The predicted octanol–water partition coefficient (Wildman–Crippen LogP) is 4.77. The number of hydrogen-bond donors (Lipinski definition) is 0. The first-order valence-electron chi connectivity index (χ1n) is 8.04. The molecule has 0 aliphatic heterocycles. The summed E-state index contributed by atoms with van der Waals surface area (Å²) in [4.78, 5) is 12.7. The van der Waals surface area contributed by atoms with Crippen LogP contribution in [0, 0.1) is 13.8 Å². The monoisotopic (exact) mass is 404 g/mol. The van der Waals surface area contributed by atoms with Crippen molar-refractivity contribution in [3.05, 3.63) is 75.1 Å². The summed E-state index contributed by atoms with van der Waals surface area (Å²) in [7, 11) is -3.32. The minimum absolute atomic E-state index is 0.0260. The van der Waals surface area contributed by atoms with Crippen molar-refractivity contribution in [2.24, 2.45) is 0 Å². The quantitative estimate of drug-likeness (QED) is 0.626. The molecule has 0 fully saturated rings. The summed E-state index contributed by atoms with van der Waals surface area (Å²) in [6, 6.07) is 12.5. The standard InChI is InChI=1S/C20H17ClO5S/c1-12-10-15(21)6-9-18(12)26-20-17(22)11-13(2)25-19(20)14-4-7-16(8-5-14)27(3,23)24/h4-11H,1-3H3. The summed E-state index contributed by atoms with van der Waals surface area (Å²) < 4.78 is 34.9. The van der Waals surface area contributed by atoms with Crippen molar-refractivity contribution >= 4 is 21.4 Å². The number of aryl methyl sites for hydroxylation is 2. The number of rotatable bonds is 4. The van der Waals surface area contributed by atoms with Crippen LogP contribution < -0.4 is 10.2 Å². The zero-order chi connectivity index (χ0) is 19.8. The summed E-state index contributed by atoms with van der Waals surface area (Å²) in [6.07, 6.45) is 1.13. The smallest absolute Gasteiger partial charge is 0.228 e. The molecule has 0 saturated carbocycles. The molecule has 140 valence electrons. The molecule has 5 nitrogen and oxygen atoms in total. The Kier molecular flexibility index (Phi) is 5.13. The van der Waals surface area contributed by atoms with Crippen molar-refractivity contribution in [1.29, 1.82) is 0 Å². The first kappa shape index (κ1) is 19.2. The zero-order valence-electron chi connectivity index (χ0n) is 14.9. The normalized spacial score (nSPS) is 11.4. The molecule has 2 aromatic carbocycles. The van der Waals surface area contributed by atoms with Gasteiger partial charge in [0.05, 0.1) is 4.90 Å². The van der Waals surface area contributed by atoms with Gasteiger partial charge in [-0.1, -0.05) is 11.6 Å². The molecule has 0 aliphatic rings. The van der Waals surface area contributed by atoms with Crippen molar-refractivity contribution in [2.45, 2.75) is 18.7 Å². The molecule has 0 unspecified atom stereocenters. The predicted molar refractivity (Wildman–Crippen MR) is 105 cm³/mol. The van der Waals surface area contributed by atoms with Gasteiger partial charge in [0.15, 0.2) is 15.6 Å². The van der Waals surface area contributed by atoms with Crippen LogP contribution in [-0.2, 0) is 9.84 Å². The Bertz CT molecular complexity index is 1160. The van der Waals surface area contributed by atoms with Crippen molar-refractivity contribution in [2.75, 3.05) is 6.26 Å². The average Bonchev–Trinajstić information content (AvgIpc) is 2.58. The molecule has 0 bridgehead atoms. The first-order valence-corrected chi connectivity index (χ1v) is 10.3. The highest BCUT2D eigenvalue weighted by atomic mass is 35.5. The van der Waals surface area contributed by atoms with E-state index in [1.807, 2.05) is 6.92 Å². The molecular weight excluding hydrogens is 388 g/mol. The van der Waals surface area contributed by atoms with E-state index in [9.17, 15) is 13.2 Å². The molecule has 0 aliphatic carbocycles. The largest absolute Gasteiger partial charge is 0.457 e. The fourth-order valence-corrected chi connectivity index (χ4v) is 3.43. The van der Waals surface area contributed by atoms with Gasteiger partial charge < -0.3 is 9.15 Å². The van der Waals surface area contributed by atoms with Crippen LogP contribution in [0.4, 0.5) is 0 Å². The Balaban J connectivity index is 2.12. The summed E-state index contributed by atoms with van der Waals surface area (Å²) in [5.74, 6) is 1.15. The highest BCUT2D eigenvalue weighted by Crippen LogP contribution is 2.33. The van der Waals surface area contributed by atoms with Crippen LogP contribution in [-0.4, -0.2) is 14.7 Å². The second-order valence-corrected chi connectivity index (χ2v) is 8.64. The number of hydrogen-bond acceptors (Lipinski definition) is 5. The second kappa shape index (κ2) is 7.21. The Morgan fingerprint density at radius 1 is 1.00 bits per heavy atom. The van der Waals surface area contributed by atoms with Crippen molar-refractivity contribution in [3.63, 3.8) is 0 Å². The number of sulfone groups is 1. The average molecular weight is 405 g/mol. The van der Waals surface area contributed by atoms with E-state index in [0.717, 1.165) is 11.8 Å². The van der Waals surface area contributed by atoms with Crippen LogP contribution in [0.25, 0.3) is 11.3 Å². The van der Waals surface area contributed by atoms with Gasteiger partial charge in [-0.3, -0.25) is 4.79 Å². The van der Waals surface area contributed by atoms with Gasteiger partial charge in [-0.2, -0.15) is 0 Å². The number of ether oxygens (including phenoxy) is 1. The third kappa shape index (κ3) is 4.23. The zero-order valence-corrected chi connectivity index (χ0v) is 16.5. The van der Waals surface area contributed by atoms with Crippen molar-refractivity contribution in [1.82, 2.24) is 0 Å². The lowest BCUT2D eigenvalue weighted by Gasteiger charge is -2.12. The van der Waals surface area contributed by atoms with Crippen molar-refractivity contribution < 1.29 is 17.6 Å². The van der Waals surface area contributed by atoms with Crippen LogP contribution in [0.1, 0.15) is 11.3 Å². The van der Waals surface area contributed by atoms with Crippen LogP contribution in [0.2, 0.25) is 5.02 Å². The lowest BCUT2D eigenvalue weighted by Crippen LogP contribution is -2.07. The summed E-state index contributed by atoms with van der Waals surface area (Å²) in [6.45, 7) is 3.48. The molecular formula is C20H17ClO5S. The van der Waals surface area contributed by atoms with E-state index < -0.39 is 9.84 Å². The van der Waals surface area contributed by atoms with E-state index in [4.69, 9.17) is 20.8 Å². The molecule has 7 heteroatoms. The fourth-order valence-electron chi connectivity index (χ4n) is 2.58. The van der Waals surface area contributed by atoms with Crippen LogP contribution >= 0.6 is 11.6 Å². The Morgan fingerprint density at radius 2 is 1.67 bits per heavy atom. The lowest BCUT2D eigenvalue weighted by atomic mass is 10.1. The van der Waals surface area contributed by atoms with Crippen LogP contribution in [0.15, 0.2) is 62.6 Å². The highest BCUT2D eigenvalue weighted by molar-refractivity contribution is 7.90. The van der Waals surface area contributed by atoms with Gasteiger partial charge in [0.25, 0.3) is 0 Å². The lowest BCUT2D eigenvalue weighted by molar-refractivity contribution is 0.436. The van der Waals surface area contributed by atoms with Crippen LogP contribution in [0.3, 0.4) is 0 Å². The molecule has 1 heterocycles. The van der Waals surface area contributed by atoms with E-state index in [2.05, 4.69) is 0 Å². The molecule has 27 heavy (non-hydrogen) atoms. The Morgan fingerprint density at radius 3 is 2.26 bits per heavy atom. The van der Waals surface area contributed by atoms with E-state index in [1.165, 1.54) is 18.2 Å². The summed E-state index contributed by atoms with van der Waals surface area (Å²) in [5, 5.41) is 0.562. The molecule has 3 rings (SSSR count). The topological polar surface area (TPSA) is 73.6 Å². The van der Waals surface area contributed by atoms with Crippen molar-refractivity contribution in [3.8, 4) is 22.8 Å². The molecule has 3 aromatic rings. The van der Waals surface area contributed by atoms with Gasteiger partial charge in [-0.15, -0.1) is 0 Å². The van der Waals surface area contributed by atoms with Gasteiger partial charge in [-0.25, -0.2) is 8.42 Å². The van der Waals surface area contributed by atoms with Gasteiger partial charge in [0, 0.05) is 22.9 Å². The third-order valence-electron chi connectivity index (χ3n) is 3.92. The molecule has 0 spiro atoms. The third-order valence-corrected chi connectivity index (χ3v) is 5.28. The van der Waals surface area contributed by atoms with E-state index in [0.29, 0.717) is 22.1 Å². The molecule has 0 radical (unpaired) electrons. The fraction of sp³-hybridized carbons (Fsp3) is 0.150. The van der Waals surface area contributed by atoms with E-state index >= 15 is 0 Å². The minimum Gasteiger partial charge on any atom is -0.457 e. The van der Waals surface area contributed by atoms with Gasteiger partial charge in [0.2, 0.25) is 11.2 Å². The van der Waals surface area contributed by atoms with E-state index in [1.54, 1.807) is 37.3 Å². The molecule has 1 aromatic heterocycles. The minimum atomic E-state index is -3.32. The maximum atomic E-state index is 12.5. The summed E-state index contributed by atoms with van der Waals surface area (Å²) in [5.41, 5.74) is 0.959. The molecule has 0 saturated heterocycles. The molecule has 0 amide bonds.